The van der Waals surface area contributed by atoms with E-state index in [1.54, 1.807) is 42.5 Å². The van der Waals surface area contributed by atoms with Crippen molar-refractivity contribution >= 4 is 17.7 Å². The quantitative estimate of drug-likeness (QED) is 0.172. The number of aromatic nitrogens is 3. The molecule has 1 saturated heterocycles. The molecule has 4 atom stereocenters. The van der Waals surface area contributed by atoms with Crippen molar-refractivity contribution in [2.24, 2.45) is 13.0 Å². The molecule has 0 aliphatic carbocycles. The van der Waals surface area contributed by atoms with Crippen LogP contribution in [-0.2, 0) is 29.7 Å². The fourth-order valence-electron chi connectivity index (χ4n) is 5.43. The van der Waals surface area contributed by atoms with Crippen LogP contribution in [0.5, 0.6) is 0 Å². The molecule has 0 spiro atoms. The van der Waals surface area contributed by atoms with Crippen molar-refractivity contribution in [1.29, 1.82) is 0 Å². The summed E-state index contributed by atoms with van der Waals surface area (Å²) in [6.45, 7) is 2.59. The number of aliphatic hydroxyl groups excluding tert-OH is 1. The van der Waals surface area contributed by atoms with E-state index in [0.717, 1.165) is 44.3 Å². The van der Waals surface area contributed by atoms with Gasteiger partial charge in [0.15, 0.2) is 11.4 Å². The van der Waals surface area contributed by atoms with Gasteiger partial charge in [0, 0.05) is 55.6 Å². The van der Waals surface area contributed by atoms with Gasteiger partial charge in [0.25, 0.3) is 5.91 Å². The summed E-state index contributed by atoms with van der Waals surface area (Å²) in [6.07, 6.45) is 6.16. The van der Waals surface area contributed by atoms with Crippen LogP contribution < -0.4 is 5.32 Å². The molecule has 6 rings (SSSR count). The van der Waals surface area contributed by atoms with Crippen molar-refractivity contribution in [2.75, 3.05) is 5.75 Å². The zero-order valence-corrected chi connectivity index (χ0v) is 26.1. The van der Waals surface area contributed by atoms with E-state index in [0.29, 0.717) is 12.1 Å². The second kappa shape index (κ2) is 14.2. The Hall–Kier alpha value is -4.28. The molecule has 2 N–H and O–H groups in total. The number of ether oxygens (including phenoxy) is 2. The molecule has 1 aliphatic rings. The fraction of sp³-hybridized carbons (Fsp3) is 0.250. The van der Waals surface area contributed by atoms with E-state index >= 15 is 0 Å². The van der Waals surface area contributed by atoms with Crippen LogP contribution in [0.3, 0.4) is 0 Å². The Morgan fingerprint density at radius 2 is 1.73 bits per heavy atom. The Bertz CT molecular complexity index is 1710. The van der Waals surface area contributed by atoms with E-state index in [2.05, 4.69) is 58.6 Å². The summed E-state index contributed by atoms with van der Waals surface area (Å²) in [4.78, 5) is 21.0. The minimum Gasteiger partial charge on any atom is -0.392 e. The molecule has 45 heavy (non-hydrogen) atoms. The summed E-state index contributed by atoms with van der Waals surface area (Å²) in [5.74, 6) is 0.674. The third kappa shape index (κ3) is 7.34. The van der Waals surface area contributed by atoms with Crippen LogP contribution in [0, 0.1) is 5.92 Å². The number of nitrogens with one attached hydrogen (secondary N) is 1. The van der Waals surface area contributed by atoms with Crippen molar-refractivity contribution in [3.05, 3.63) is 138 Å². The lowest BCUT2D eigenvalue weighted by atomic mass is 9.91. The monoisotopic (exact) mass is 620 g/mol. The van der Waals surface area contributed by atoms with Crippen LogP contribution in [0.15, 0.2) is 115 Å². The van der Waals surface area contributed by atoms with E-state index < -0.39 is 6.29 Å². The molecule has 9 heteroatoms. The predicted octanol–water partition coefficient (Wildman–Crippen LogP) is 6.49. The van der Waals surface area contributed by atoms with Crippen molar-refractivity contribution in [2.45, 2.75) is 43.7 Å². The summed E-state index contributed by atoms with van der Waals surface area (Å²) < 4.78 is 15.3. The second-order valence-electron chi connectivity index (χ2n) is 11.2. The number of pyridine rings is 1. The number of thioether (sulfide) groups is 1. The number of hydrogen-bond donors (Lipinski definition) is 2. The van der Waals surface area contributed by atoms with Crippen LogP contribution in [-0.4, -0.2) is 37.4 Å². The Morgan fingerprint density at radius 1 is 0.933 bits per heavy atom. The maximum atomic E-state index is 12.5. The third-order valence-electron chi connectivity index (χ3n) is 8.10. The molecular formula is C36H36N4O4S. The minimum atomic E-state index is -0.543. The molecular weight excluding hydrogens is 584 g/mol. The van der Waals surface area contributed by atoms with Crippen LogP contribution >= 0.6 is 11.8 Å². The number of rotatable bonds is 10. The van der Waals surface area contributed by atoms with Crippen molar-refractivity contribution < 1.29 is 19.4 Å². The molecule has 2 aromatic heterocycles. The van der Waals surface area contributed by atoms with Gasteiger partial charge in [-0.15, -0.1) is 0 Å². The molecule has 0 saturated carbocycles. The van der Waals surface area contributed by atoms with Gasteiger partial charge in [0.2, 0.25) is 0 Å². The van der Waals surface area contributed by atoms with E-state index in [-0.39, 0.29) is 30.6 Å². The highest BCUT2D eigenvalue weighted by Gasteiger charge is 2.38. The average molecular weight is 621 g/mol. The number of carbonyl (C=O) groups excluding carboxylic acids is 1. The van der Waals surface area contributed by atoms with Gasteiger partial charge in [0.1, 0.15) is 0 Å². The van der Waals surface area contributed by atoms with Gasteiger partial charge in [-0.2, -0.15) is 0 Å². The smallest absolute Gasteiger partial charge is 0.253 e. The number of benzene rings is 3. The normalized spacial score (nSPS) is 19.7. The van der Waals surface area contributed by atoms with Crippen molar-refractivity contribution in [3.8, 4) is 11.1 Å². The molecule has 1 fully saturated rings. The Kier molecular flexibility index (Phi) is 9.71. The molecule has 1 amide bonds. The largest absolute Gasteiger partial charge is 0.392 e. The van der Waals surface area contributed by atoms with Gasteiger partial charge >= 0.3 is 0 Å². The zero-order valence-electron chi connectivity index (χ0n) is 25.2. The standard InChI is InChI=1S/C36H36N4O4S/c1-24-32(23-45-36-38-17-18-40(36)2)43-35(44-33(24)28-10-8-25(22-41)9-11-28)29-14-12-27(13-15-29)30-6-3-5-26(19-30)20-39-34(42)31-7-4-16-37-21-31/h3-19,21,24,32-33,35,41H,20,22-23H2,1-2H3,(H,39,42)/t24-,32+,33+,35+/m0/s1. The number of carbonyl (C=O) groups is 1. The third-order valence-corrected chi connectivity index (χ3v) is 9.24. The summed E-state index contributed by atoms with van der Waals surface area (Å²) in [5, 5.41) is 13.5. The highest BCUT2D eigenvalue weighted by molar-refractivity contribution is 7.99. The Labute approximate surface area is 267 Å². The van der Waals surface area contributed by atoms with Crippen molar-refractivity contribution in [3.63, 3.8) is 0 Å². The van der Waals surface area contributed by atoms with Gasteiger partial charge in [-0.3, -0.25) is 9.78 Å². The lowest BCUT2D eigenvalue weighted by molar-refractivity contribution is -0.268. The van der Waals surface area contributed by atoms with Gasteiger partial charge in [-0.05, 0) is 46.0 Å². The summed E-state index contributed by atoms with van der Waals surface area (Å²) in [7, 11) is 1.99. The lowest BCUT2D eigenvalue weighted by Gasteiger charge is -2.41. The number of nitrogens with zero attached hydrogens (tertiary/aromatic N) is 3. The Morgan fingerprint density at radius 3 is 2.44 bits per heavy atom. The number of aryl methyl sites for hydroxylation is 1. The minimum absolute atomic E-state index is 0.00528. The highest BCUT2D eigenvalue weighted by Crippen LogP contribution is 2.43. The summed E-state index contributed by atoms with van der Waals surface area (Å²) in [5.41, 5.74) is 6.52. The molecule has 230 valence electrons. The predicted molar refractivity (Wildman–Crippen MR) is 174 cm³/mol. The Balaban J connectivity index is 1.18. The molecule has 0 bridgehead atoms. The number of amides is 1. The van der Waals surface area contributed by atoms with Gasteiger partial charge in [0.05, 0.1) is 24.4 Å². The first kappa shape index (κ1) is 30.7. The molecule has 0 radical (unpaired) electrons. The van der Waals surface area contributed by atoms with E-state index in [4.69, 9.17) is 9.47 Å². The van der Waals surface area contributed by atoms with Gasteiger partial charge in [-0.25, -0.2) is 4.98 Å². The first-order chi connectivity index (χ1) is 22.0. The lowest BCUT2D eigenvalue weighted by Crippen LogP contribution is -2.38. The van der Waals surface area contributed by atoms with E-state index in [9.17, 15) is 9.90 Å². The fourth-order valence-corrected chi connectivity index (χ4v) is 6.53. The zero-order chi connectivity index (χ0) is 31.2. The van der Waals surface area contributed by atoms with Gasteiger partial charge in [-0.1, -0.05) is 85.4 Å². The first-order valence-electron chi connectivity index (χ1n) is 15.0. The molecule has 1 aliphatic heterocycles. The number of hydrogen-bond acceptors (Lipinski definition) is 7. The molecule has 8 nitrogen and oxygen atoms in total. The summed E-state index contributed by atoms with van der Waals surface area (Å²) in [6, 6.07) is 27.9. The van der Waals surface area contributed by atoms with Crippen LogP contribution in [0.1, 0.15) is 51.9 Å². The van der Waals surface area contributed by atoms with Gasteiger partial charge < -0.3 is 24.5 Å². The molecule has 3 heterocycles. The van der Waals surface area contributed by atoms with Crippen LogP contribution in [0.4, 0.5) is 0 Å². The van der Waals surface area contributed by atoms with E-state index in [1.165, 1.54) is 0 Å². The first-order valence-corrected chi connectivity index (χ1v) is 16.0. The maximum Gasteiger partial charge on any atom is 0.253 e. The van der Waals surface area contributed by atoms with Crippen LogP contribution in [0.2, 0.25) is 0 Å². The number of aliphatic hydroxyl groups is 1. The topological polar surface area (TPSA) is 98.5 Å². The SMILES string of the molecule is C[C@H]1[C@@H](CSc2nccn2C)O[C@@H](c2ccc(-c3cccc(CNC(=O)c4cccnc4)c3)cc2)O[C@H]1c1ccc(CO)cc1. The molecule has 3 aromatic carbocycles. The van der Waals surface area contributed by atoms with Crippen molar-refractivity contribution in [1.82, 2.24) is 19.9 Å². The maximum absolute atomic E-state index is 12.5. The molecule has 0 unspecified atom stereocenters. The number of imidazole rings is 1. The highest BCUT2D eigenvalue weighted by atomic mass is 32.2. The molecule has 5 aromatic rings. The second-order valence-corrected chi connectivity index (χ2v) is 12.2. The average Bonchev–Trinajstić information content (AvgIpc) is 3.51. The van der Waals surface area contributed by atoms with E-state index in [1.807, 2.05) is 54.2 Å². The van der Waals surface area contributed by atoms with Crippen LogP contribution in [0.25, 0.3) is 11.1 Å². The summed E-state index contributed by atoms with van der Waals surface area (Å²) >= 11 is 1.68.